The van der Waals surface area contributed by atoms with Crippen LogP contribution in [0.25, 0.3) is 5.52 Å². The first-order valence-corrected chi connectivity index (χ1v) is 6.05. The molecule has 0 fully saturated rings. The third kappa shape index (κ3) is 2.58. The van der Waals surface area contributed by atoms with Crippen LogP contribution in [-0.2, 0) is 0 Å². The molecule has 2 aromatic heterocycles. The molecule has 90 valence electrons. The number of nitrogens with zero attached hydrogens (tertiary/aromatic N) is 2. The molecule has 17 heavy (non-hydrogen) atoms. The highest BCUT2D eigenvalue weighted by Crippen LogP contribution is 2.10. The van der Waals surface area contributed by atoms with E-state index in [1.807, 2.05) is 31.3 Å². The standard InChI is InChI=1S/C12H14ClN3O/c1-9(5-6-13)15-12(17)10-8-14-16-7-3-2-4-11(10)16/h2-4,7-9H,5-6H2,1H3,(H,15,17). The van der Waals surface area contributed by atoms with Crippen LogP contribution in [-0.4, -0.2) is 27.4 Å². The molecule has 1 amide bonds. The number of aromatic nitrogens is 2. The van der Waals surface area contributed by atoms with E-state index in [-0.39, 0.29) is 11.9 Å². The monoisotopic (exact) mass is 251 g/mol. The van der Waals surface area contributed by atoms with E-state index in [9.17, 15) is 4.79 Å². The van der Waals surface area contributed by atoms with Gasteiger partial charge in [0.2, 0.25) is 0 Å². The Kier molecular flexibility index (Phi) is 3.64. The van der Waals surface area contributed by atoms with Crippen LogP contribution in [0.15, 0.2) is 30.6 Å². The Morgan fingerprint density at radius 1 is 1.59 bits per heavy atom. The van der Waals surface area contributed by atoms with Crippen LogP contribution in [0.1, 0.15) is 23.7 Å². The summed E-state index contributed by atoms with van der Waals surface area (Å²) >= 11 is 5.63. The van der Waals surface area contributed by atoms with Crippen LogP contribution < -0.4 is 5.32 Å². The number of amides is 1. The summed E-state index contributed by atoms with van der Waals surface area (Å²) in [6.07, 6.45) is 4.15. The summed E-state index contributed by atoms with van der Waals surface area (Å²) in [6, 6.07) is 5.70. The second-order valence-corrected chi connectivity index (χ2v) is 4.32. The van der Waals surface area contributed by atoms with Gasteiger partial charge in [-0.25, -0.2) is 4.52 Å². The smallest absolute Gasteiger partial charge is 0.255 e. The van der Waals surface area contributed by atoms with Crippen molar-refractivity contribution < 1.29 is 4.79 Å². The third-order valence-electron chi connectivity index (χ3n) is 2.59. The van der Waals surface area contributed by atoms with Gasteiger partial charge in [-0.1, -0.05) is 6.07 Å². The van der Waals surface area contributed by atoms with Crippen molar-refractivity contribution in [1.82, 2.24) is 14.9 Å². The van der Waals surface area contributed by atoms with Gasteiger partial charge in [-0.15, -0.1) is 11.6 Å². The molecule has 1 atom stereocenters. The summed E-state index contributed by atoms with van der Waals surface area (Å²) < 4.78 is 1.68. The normalized spacial score (nSPS) is 12.6. The fourth-order valence-electron chi connectivity index (χ4n) is 1.65. The summed E-state index contributed by atoms with van der Waals surface area (Å²) in [5, 5.41) is 7.02. The Morgan fingerprint density at radius 2 is 2.41 bits per heavy atom. The van der Waals surface area contributed by atoms with Crippen molar-refractivity contribution in [2.24, 2.45) is 0 Å². The zero-order valence-corrected chi connectivity index (χ0v) is 10.3. The molecule has 0 aromatic carbocycles. The van der Waals surface area contributed by atoms with Crippen LogP contribution in [0.4, 0.5) is 0 Å². The second kappa shape index (κ2) is 5.19. The molecule has 5 heteroatoms. The Morgan fingerprint density at radius 3 is 3.18 bits per heavy atom. The third-order valence-corrected chi connectivity index (χ3v) is 2.81. The van der Waals surface area contributed by atoms with E-state index in [4.69, 9.17) is 11.6 Å². The van der Waals surface area contributed by atoms with E-state index in [0.717, 1.165) is 11.9 Å². The predicted molar refractivity (Wildman–Crippen MR) is 67.5 cm³/mol. The Labute approximate surface area is 105 Å². The lowest BCUT2D eigenvalue weighted by atomic mass is 10.2. The Hall–Kier alpha value is -1.55. The van der Waals surface area contributed by atoms with Crippen molar-refractivity contribution in [3.63, 3.8) is 0 Å². The predicted octanol–water partition coefficient (Wildman–Crippen LogP) is 2.08. The molecular formula is C12H14ClN3O. The number of carbonyl (C=O) groups excluding carboxylic acids is 1. The van der Waals surface area contributed by atoms with Gasteiger partial charge in [-0.3, -0.25) is 4.79 Å². The minimum atomic E-state index is -0.108. The maximum Gasteiger partial charge on any atom is 0.255 e. The first-order valence-electron chi connectivity index (χ1n) is 5.51. The van der Waals surface area contributed by atoms with Crippen LogP contribution in [0, 0.1) is 0 Å². The highest BCUT2D eigenvalue weighted by atomic mass is 35.5. The molecule has 2 rings (SSSR count). The van der Waals surface area contributed by atoms with Crippen molar-refractivity contribution in [3.8, 4) is 0 Å². The number of hydrogen-bond donors (Lipinski definition) is 1. The maximum absolute atomic E-state index is 12.0. The molecular weight excluding hydrogens is 238 g/mol. The molecule has 4 nitrogen and oxygen atoms in total. The molecule has 1 unspecified atom stereocenters. The number of fused-ring (bicyclic) bond motifs is 1. The van der Waals surface area contributed by atoms with Crippen molar-refractivity contribution >= 4 is 23.0 Å². The molecule has 0 radical (unpaired) electrons. The lowest BCUT2D eigenvalue weighted by molar-refractivity contribution is 0.0941. The average molecular weight is 252 g/mol. The minimum absolute atomic E-state index is 0.0682. The van der Waals surface area contributed by atoms with Gasteiger partial charge >= 0.3 is 0 Å². The average Bonchev–Trinajstić information content (AvgIpc) is 2.72. The summed E-state index contributed by atoms with van der Waals surface area (Å²) in [5.74, 6) is 0.430. The number of nitrogens with one attached hydrogen (secondary N) is 1. The molecule has 1 N–H and O–H groups in total. The molecule has 0 saturated carbocycles. The first-order chi connectivity index (χ1) is 8.22. The van der Waals surface area contributed by atoms with E-state index in [0.29, 0.717) is 11.4 Å². The lowest BCUT2D eigenvalue weighted by Crippen LogP contribution is -2.32. The van der Waals surface area contributed by atoms with E-state index in [1.54, 1.807) is 10.7 Å². The topological polar surface area (TPSA) is 46.4 Å². The van der Waals surface area contributed by atoms with Gasteiger partial charge in [0, 0.05) is 18.1 Å². The fraction of sp³-hybridized carbons (Fsp3) is 0.333. The van der Waals surface area contributed by atoms with Gasteiger partial charge in [-0.2, -0.15) is 5.10 Å². The van der Waals surface area contributed by atoms with Gasteiger partial charge in [0.05, 0.1) is 17.3 Å². The van der Waals surface area contributed by atoms with Gasteiger partial charge in [0.1, 0.15) is 0 Å². The van der Waals surface area contributed by atoms with Gasteiger partial charge in [-0.05, 0) is 25.5 Å². The number of rotatable bonds is 4. The van der Waals surface area contributed by atoms with E-state index in [1.165, 1.54) is 0 Å². The number of carbonyl (C=O) groups is 1. The van der Waals surface area contributed by atoms with Crippen molar-refractivity contribution in [2.75, 3.05) is 5.88 Å². The van der Waals surface area contributed by atoms with Crippen LogP contribution in [0.3, 0.4) is 0 Å². The SMILES string of the molecule is CC(CCCl)NC(=O)c1cnn2ccccc12. The molecule has 0 spiro atoms. The second-order valence-electron chi connectivity index (χ2n) is 3.94. The number of hydrogen-bond acceptors (Lipinski definition) is 2. The zero-order chi connectivity index (χ0) is 12.3. The highest BCUT2D eigenvalue weighted by Gasteiger charge is 2.13. The highest BCUT2D eigenvalue weighted by molar-refractivity contribution is 6.17. The van der Waals surface area contributed by atoms with Gasteiger partial charge in [0.15, 0.2) is 0 Å². The minimum Gasteiger partial charge on any atom is -0.349 e. The molecule has 2 aromatic rings. The Bertz CT molecular complexity index is 523. The number of pyridine rings is 1. The lowest BCUT2D eigenvalue weighted by Gasteiger charge is -2.11. The largest absolute Gasteiger partial charge is 0.349 e. The summed E-state index contributed by atoms with van der Waals surface area (Å²) in [6.45, 7) is 1.94. The summed E-state index contributed by atoms with van der Waals surface area (Å²) in [5.41, 5.74) is 1.40. The first kappa shape index (κ1) is 11.9. The van der Waals surface area contributed by atoms with Gasteiger partial charge < -0.3 is 5.32 Å². The van der Waals surface area contributed by atoms with Crippen LogP contribution >= 0.6 is 11.6 Å². The van der Waals surface area contributed by atoms with E-state index < -0.39 is 0 Å². The van der Waals surface area contributed by atoms with Crippen molar-refractivity contribution in [1.29, 1.82) is 0 Å². The van der Waals surface area contributed by atoms with Crippen molar-refractivity contribution in [3.05, 3.63) is 36.2 Å². The molecule has 0 saturated heterocycles. The Balaban J connectivity index is 2.19. The van der Waals surface area contributed by atoms with Crippen LogP contribution in [0.5, 0.6) is 0 Å². The van der Waals surface area contributed by atoms with E-state index >= 15 is 0 Å². The molecule has 2 heterocycles. The van der Waals surface area contributed by atoms with E-state index in [2.05, 4.69) is 10.4 Å². The van der Waals surface area contributed by atoms with Crippen molar-refractivity contribution in [2.45, 2.75) is 19.4 Å². The maximum atomic E-state index is 12.0. The molecule has 0 aliphatic carbocycles. The number of halogens is 1. The fourth-order valence-corrected chi connectivity index (χ4v) is 1.97. The molecule has 0 bridgehead atoms. The molecule has 0 aliphatic heterocycles. The number of alkyl halides is 1. The molecule has 0 aliphatic rings. The summed E-state index contributed by atoms with van der Waals surface area (Å²) in [4.78, 5) is 12.0. The van der Waals surface area contributed by atoms with Gasteiger partial charge in [0.25, 0.3) is 5.91 Å². The summed E-state index contributed by atoms with van der Waals surface area (Å²) in [7, 11) is 0. The van der Waals surface area contributed by atoms with Crippen LogP contribution in [0.2, 0.25) is 0 Å². The quantitative estimate of drug-likeness (QED) is 0.846. The zero-order valence-electron chi connectivity index (χ0n) is 9.56.